The van der Waals surface area contributed by atoms with Crippen molar-refractivity contribution in [3.05, 3.63) is 34.2 Å². The third-order valence-corrected chi connectivity index (χ3v) is 4.02. The fourth-order valence-corrected chi connectivity index (χ4v) is 3.15. The molecule has 1 amide bonds. The van der Waals surface area contributed by atoms with Crippen molar-refractivity contribution < 1.29 is 9.53 Å². The van der Waals surface area contributed by atoms with Gasteiger partial charge in [0.25, 0.3) is 5.91 Å². The lowest BCUT2D eigenvalue weighted by molar-refractivity contribution is -0.115. The molecule has 3 nitrogen and oxygen atoms in total. The number of fused-ring (bicyclic) bond motifs is 1. The van der Waals surface area contributed by atoms with Gasteiger partial charge < -0.3 is 10.1 Å². The number of thiocarbonyl (C=S) groups is 1. The van der Waals surface area contributed by atoms with Crippen LogP contribution < -0.4 is 10.1 Å². The predicted octanol–water partition coefficient (Wildman–Crippen LogP) is 2.50. The Labute approximate surface area is 115 Å². The van der Waals surface area contributed by atoms with E-state index in [1.165, 1.54) is 17.3 Å². The molecule has 0 unspecified atom stereocenters. The molecular weight excluding hydrogens is 266 g/mol. The zero-order chi connectivity index (χ0) is 12.7. The minimum atomic E-state index is -0.116. The maximum atomic E-state index is 11.6. The summed E-state index contributed by atoms with van der Waals surface area (Å²) in [7, 11) is 0. The number of rotatable bonds is 1. The summed E-state index contributed by atoms with van der Waals surface area (Å²) in [4.78, 5) is 12.2. The van der Waals surface area contributed by atoms with E-state index >= 15 is 0 Å². The summed E-state index contributed by atoms with van der Waals surface area (Å²) in [5.74, 6) is 0.832. The quantitative estimate of drug-likeness (QED) is 0.632. The van der Waals surface area contributed by atoms with Crippen LogP contribution in [0.4, 0.5) is 0 Å². The number of carbonyl (C=O) groups excluding carboxylic acids is 1. The zero-order valence-corrected chi connectivity index (χ0v) is 11.4. The van der Waals surface area contributed by atoms with Crippen molar-refractivity contribution in [3.63, 3.8) is 0 Å². The van der Waals surface area contributed by atoms with Crippen LogP contribution in [0.3, 0.4) is 0 Å². The molecule has 1 saturated heterocycles. The van der Waals surface area contributed by atoms with Gasteiger partial charge >= 0.3 is 0 Å². The molecule has 1 aromatic rings. The molecule has 0 bridgehead atoms. The van der Waals surface area contributed by atoms with E-state index in [-0.39, 0.29) is 12.0 Å². The Balaban J connectivity index is 1.91. The Morgan fingerprint density at radius 3 is 3.11 bits per heavy atom. The molecule has 2 heterocycles. The number of thioether (sulfide) groups is 1. The van der Waals surface area contributed by atoms with Crippen molar-refractivity contribution in [2.24, 2.45) is 0 Å². The highest BCUT2D eigenvalue weighted by molar-refractivity contribution is 8.26. The standard InChI is InChI=1S/C13H11NO2S2/c1-7-4-9-5-8(2-3-10(9)16-7)6-11-12(15)14-13(17)18-11/h2-3,5-7H,4H2,1H3,(H,14,15,17)/b11-6+/t7-/m1/s1. The summed E-state index contributed by atoms with van der Waals surface area (Å²) < 4.78 is 6.16. The van der Waals surface area contributed by atoms with E-state index in [0.29, 0.717) is 9.23 Å². The summed E-state index contributed by atoms with van der Waals surface area (Å²) in [6.07, 6.45) is 3.02. The highest BCUT2D eigenvalue weighted by Crippen LogP contribution is 2.31. The second-order valence-electron chi connectivity index (χ2n) is 4.35. The summed E-state index contributed by atoms with van der Waals surface area (Å²) in [6, 6.07) is 5.99. The lowest BCUT2D eigenvalue weighted by Gasteiger charge is -2.02. The minimum Gasteiger partial charge on any atom is -0.490 e. The van der Waals surface area contributed by atoms with Gasteiger partial charge in [0.05, 0.1) is 4.91 Å². The van der Waals surface area contributed by atoms with E-state index in [4.69, 9.17) is 17.0 Å². The zero-order valence-electron chi connectivity index (χ0n) is 9.73. The Kier molecular flexibility index (Phi) is 2.87. The highest BCUT2D eigenvalue weighted by atomic mass is 32.2. The van der Waals surface area contributed by atoms with Crippen molar-refractivity contribution in [1.29, 1.82) is 0 Å². The number of carbonyl (C=O) groups is 1. The molecule has 0 aromatic heterocycles. The van der Waals surface area contributed by atoms with Gasteiger partial charge in [-0.05, 0) is 36.3 Å². The molecule has 5 heteroatoms. The van der Waals surface area contributed by atoms with Gasteiger partial charge in [-0.1, -0.05) is 30.0 Å². The fraction of sp³-hybridized carbons (Fsp3) is 0.231. The molecule has 18 heavy (non-hydrogen) atoms. The van der Waals surface area contributed by atoms with Crippen molar-refractivity contribution in [2.45, 2.75) is 19.4 Å². The van der Waals surface area contributed by atoms with Gasteiger partial charge in [-0.25, -0.2) is 0 Å². The Hall–Kier alpha value is -1.33. The van der Waals surface area contributed by atoms with Crippen molar-refractivity contribution >= 4 is 40.3 Å². The minimum absolute atomic E-state index is 0.116. The van der Waals surface area contributed by atoms with Crippen LogP contribution in [-0.4, -0.2) is 16.3 Å². The smallest absolute Gasteiger partial charge is 0.263 e. The molecule has 2 aliphatic heterocycles. The topological polar surface area (TPSA) is 38.3 Å². The van der Waals surface area contributed by atoms with Gasteiger partial charge in [-0.3, -0.25) is 4.79 Å². The van der Waals surface area contributed by atoms with Crippen LogP contribution in [0, 0.1) is 0 Å². The number of nitrogens with one attached hydrogen (secondary N) is 1. The monoisotopic (exact) mass is 277 g/mol. The van der Waals surface area contributed by atoms with Crippen molar-refractivity contribution in [3.8, 4) is 5.75 Å². The lowest BCUT2D eigenvalue weighted by atomic mass is 10.1. The number of amides is 1. The molecule has 1 aromatic carbocycles. The molecule has 0 spiro atoms. The van der Waals surface area contributed by atoms with Crippen molar-refractivity contribution in [1.82, 2.24) is 5.32 Å². The molecule has 3 rings (SSSR count). The molecule has 2 aliphatic rings. The number of ether oxygens (including phenoxy) is 1. The Bertz CT molecular complexity index is 580. The van der Waals surface area contributed by atoms with Gasteiger partial charge in [0, 0.05) is 6.42 Å². The first-order chi connectivity index (χ1) is 8.61. The number of hydrogen-bond acceptors (Lipinski definition) is 4. The highest BCUT2D eigenvalue weighted by Gasteiger charge is 2.23. The normalized spacial score (nSPS) is 24.1. The van der Waals surface area contributed by atoms with Crippen LogP contribution in [0.15, 0.2) is 23.1 Å². The van der Waals surface area contributed by atoms with Gasteiger partial charge in [0.15, 0.2) is 0 Å². The predicted molar refractivity (Wildman–Crippen MR) is 76.5 cm³/mol. The molecule has 0 saturated carbocycles. The first-order valence-electron chi connectivity index (χ1n) is 5.66. The summed E-state index contributed by atoms with van der Waals surface area (Å²) in [5, 5.41) is 2.61. The van der Waals surface area contributed by atoms with Gasteiger partial charge in [0.2, 0.25) is 0 Å². The van der Waals surface area contributed by atoms with Crippen LogP contribution in [0.2, 0.25) is 0 Å². The third kappa shape index (κ3) is 2.15. The van der Waals surface area contributed by atoms with E-state index in [1.807, 2.05) is 18.2 Å². The second-order valence-corrected chi connectivity index (χ2v) is 6.07. The first-order valence-corrected chi connectivity index (χ1v) is 6.89. The molecule has 0 aliphatic carbocycles. The fourth-order valence-electron chi connectivity index (χ4n) is 2.10. The summed E-state index contributed by atoms with van der Waals surface area (Å²) in [5.41, 5.74) is 2.21. The Morgan fingerprint density at radius 1 is 1.56 bits per heavy atom. The lowest BCUT2D eigenvalue weighted by Crippen LogP contribution is -2.17. The Morgan fingerprint density at radius 2 is 2.39 bits per heavy atom. The van der Waals surface area contributed by atoms with Gasteiger partial charge in [0.1, 0.15) is 16.2 Å². The van der Waals surface area contributed by atoms with Crippen LogP contribution in [0.5, 0.6) is 5.75 Å². The average molecular weight is 277 g/mol. The molecule has 1 atom stereocenters. The molecule has 1 fully saturated rings. The maximum absolute atomic E-state index is 11.6. The molecule has 0 radical (unpaired) electrons. The molecule has 1 N–H and O–H groups in total. The van der Waals surface area contributed by atoms with E-state index < -0.39 is 0 Å². The van der Waals surface area contributed by atoms with E-state index in [1.54, 1.807) is 0 Å². The molecule has 92 valence electrons. The number of hydrogen-bond donors (Lipinski definition) is 1. The first kappa shape index (κ1) is 11.7. The van der Waals surface area contributed by atoms with Crippen molar-refractivity contribution in [2.75, 3.05) is 0 Å². The summed E-state index contributed by atoms with van der Waals surface area (Å²) >= 11 is 6.26. The average Bonchev–Trinajstić information content (AvgIpc) is 2.80. The van der Waals surface area contributed by atoms with Crippen LogP contribution in [0.25, 0.3) is 6.08 Å². The molecular formula is C13H11NO2S2. The SMILES string of the molecule is C[C@@H]1Cc2cc(/C=C3/SC(=S)NC3=O)ccc2O1. The van der Waals surface area contributed by atoms with E-state index in [0.717, 1.165) is 17.7 Å². The summed E-state index contributed by atoms with van der Waals surface area (Å²) in [6.45, 7) is 2.05. The van der Waals surface area contributed by atoms with Crippen LogP contribution in [0.1, 0.15) is 18.1 Å². The number of benzene rings is 1. The van der Waals surface area contributed by atoms with Gasteiger partial charge in [-0.15, -0.1) is 0 Å². The maximum Gasteiger partial charge on any atom is 0.263 e. The third-order valence-electron chi connectivity index (χ3n) is 2.86. The van der Waals surface area contributed by atoms with Gasteiger partial charge in [-0.2, -0.15) is 0 Å². The second kappa shape index (κ2) is 4.40. The van der Waals surface area contributed by atoms with E-state index in [9.17, 15) is 4.79 Å². The van der Waals surface area contributed by atoms with Crippen LogP contribution >= 0.6 is 24.0 Å². The largest absolute Gasteiger partial charge is 0.490 e. The van der Waals surface area contributed by atoms with Crippen LogP contribution in [-0.2, 0) is 11.2 Å². The van der Waals surface area contributed by atoms with E-state index in [2.05, 4.69) is 18.3 Å².